The summed E-state index contributed by atoms with van der Waals surface area (Å²) in [6.07, 6.45) is 1.25. The van der Waals surface area contributed by atoms with E-state index in [2.05, 4.69) is 0 Å². The first-order valence-corrected chi connectivity index (χ1v) is 3.95. The van der Waals surface area contributed by atoms with Gasteiger partial charge in [0.1, 0.15) is 11.4 Å². The zero-order valence-corrected chi connectivity index (χ0v) is 7.81. The van der Waals surface area contributed by atoms with E-state index in [0.29, 0.717) is 16.1 Å². The number of hydrogen-bond donors (Lipinski definition) is 1. The summed E-state index contributed by atoms with van der Waals surface area (Å²) < 4.78 is 2.12. The molecule has 0 aliphatic carbocycles. The van der Waals surface area contributed by atoms with Crippen LogP contribution in [0, 0.1) is 19.1 Å². The Bertz CT molecular complexity index is 343. The number of nitrogens with zero attached hydrogens (tertiary/aromatic N) is 2. The van der Waals surface area contributed by atoms with Gasteiger partial charge in [-0.1, -0.05) is 0 Å². The number of carbonyl (C=O) groups is 1. The monoisotopic (exact) mass is 184 g/mol. The van der Waals surface area contributed by atoms with E-state index in [-0.39, 0.29) is 0 Å². The van der Waals surface area contributed by atoms with Gasteiger partial charge < -0.3 is 10.3 Å². The molecule has 0 aliphatic rings. The molecule has 0 aromatic carbocycles. The fourth-order valence-corrected chi connectivity index (χ4v) is 1.14. The second-order valence-electron chi connectivity index (χ2n) is 3.03. The summed E-state index contributed by atoms with van der Waals surface area (Å²) in [5, 5.41) is 19.8. The summed E-state index contributed by atoms with van der Waals surface area (Å²) in [5.74, 6) is -0.946. The van der Waals surface area contributed by atoms with Crippen LogP contribution in [0.15, 0.2) is 6.33 Å². The highest BCUT2D eigenvalue weighted by atomic mass is 16.5. The van der Waals surface area contributed by atoms with Crippen LogP contribution in [0.2, 0.25) is 0 Å². The van der Waals surface area contributed by atoms with Crippen molar-refractivity contribution in [2.24, 2.45) is 0 Å². The van der Waals surface area contributed by atoms with Gasteiger partial charge in [-0.25, -0.2) is 14.1 Å². The summed E-state index contributed by atoms with van der Waals surface area (Å²) in [4.78, 5) is 10.6. The first kappa shape index (κ1) is 9.57. The molecule has 1 atom stereocenters. The SMILES string of the molecule is Cc1c(C)[n+]([O-])cn1C(C)C(=O)O. The van der Waals surface area contributed by atoms with Gasteiger partial charge in [0.2, 0.25) is 6.33 Å². The predicted molar refractivity (Wildman–Crippen MR) is 45.2 cm³/mol. The lowest BCUT2D eigenvalue weighted by atomic mass is 10.3. The third-order valence-corrected chi connectivity index (χ3v) is 2.25. The molecule has 0 saturated carbocycles. The lowest BCUT2D eigenvalue weighted by Crippen LogP contribution is -2.26. The minimum absolute atomic E-state index is 0.535. The first-order chi connectivity index (χ1) is 5.95. The molecule has 0 radical (unpaired) electrons. The van der Waals surface area contributed by atoms with Gasteiger partial charge in [-0.15, -0.1) is 0 Å². The molecule has 1 aromatic rings. The van der Waals surface area contributed by atoms with Crippen LogP contribution < -0.4 is 4.73 Å². The number of hydrogen-bond acceptors (Lipinski definition) is 2. The van der Waals surface area contributed by atoms with E-state index in [1.807, 2.05) is 0 Å². The second-order valence-corrected chi connectivity index (χ2v) is 3.03. The fraction of sp³-hybridized carbons (Fsp3) is 0.500. The van der Waals surface area contributed by atoms with Crippen molar-refractivity contribution in [2.75, 3.05) is 0 Å². The number of aromatic nitrogens is 2. The molecule has 0 aliphatic heterocycles. The molecule has 0 saturated heterocycles. The molecule has 5 nitrogen and oxygen atoms in total. The first-order valence-electron chi connectivity index (χ1n) is 3.95. The highest BCUT2D eigenvalue weighted by Crippen LogP contribution is 2.10. The number of carboxylic acids is 1. The molecular formula is C8H12N2O3. The summed E-state index contributed by atoms with van der Waals surface area (Å²) in [7, 11) is 0. The maximum absolute atomic E-state index is 11.1. The van der Waals surface area contributed by atoms with E-state index in [1.165, 1.54) is 17.8 Å². The molecule has 1 rings (SSSR count). The molecular weight excluding hydrogens is 172 g/mol. The zero-order valence-electron chi connectivity index (χ0n) is 7.81. The van der Waals surface area contributed by atoms with E-state index in [9.17, 15) is 10.0 Å². The van der Waals surface area contributed by atoms with Crippen LogP contribution in [0.4, 0.5) is 0 Å². The van der Waals surface area contributed by atoms with Crippen molar-refractivity contribution in [3.63, 3.8) is 0 Å². The molecule has 13 heavy (non-hydrogen) atoms. The van der Waals surface area contributed by atoms with E-state index >= 15 is 0 Å². The van der Waals surface area contributed by atoms with Crippen LogP contribution in [-0.4, -0.2) is 15.6 Å². The average molecular weight is 184 g/mol. The predicted octanol–water partition coefficient (Wildman–Crippen LogP) is 0.384. The highest BCUT2D eigenvalue weighted by Gasteiger charge is 2.23. The summed E-state index contributed by atoms with van der Waals surface area (Å²) >= 11 is 0. The van der Waals surface area contributed by atoms with Gasteiger partial charge in [-0.2, -0.15) is 0 Å². The van der Waals surface area contributed by atoms with Crippen LogP contribution in [-0.2, 0) is 4.79 Å². The maximum Gasteiger partial charge on any atom is 0.349 e. The lowest BCUT2D eigenvalue weighted by Gasteiger charge is -2.02. The molecule has 0 spiro atoms. The molecule has 0 amide bonds. The van der Waals surface area contributed by atoms with Gasteiger partial charge in [0.25, 0.3) is 0 Å². The van der Waals surface area contributed by atoms with E-state index in [0.717, 1.165) is 0 Å². The third kappa shape index (κ3) is 1.49. The van der Waals surface area contributed by atoms with Gasteiger partial charge in [0.15, 0.2) is 6.04 Å². The number of imidazole rings is 1. The topological polar surface area (TPSA) is 69.2 Å². The molecule has 0 fully saturated rings. The smallest absolute Gasteiger partial charge is 0.349 e. The quantitative estimate of drug-likeness (QED) is 0.533. The molecule has 1 N–H and O–H groups in total. The van der Waals surface area contributed by atoms with Crippen molar-refractivity contribution >= 4 is 5.97 Å². The number of aliphatic carboxylic acids is 1. The van der Waals surface area contributed by atoms with Crippen molar-refractivity contribution in [1.29, 1.82) is 0 Å². The van der Waals surface area contributed by atoms with E-state index < -0.39 is 12.0 Å². The van der Waals surface area contributed by atoms with Crippen LogP contribution >= 0.6 is 0 Å². The van der Waals surface area contributed by atoms with Crippen molar-refractivity contribution in [2.45, 2.75) is 26.8 Å². The van der Waals surface area contributed by atoms with E-state index in [1.54, 1.807) is 13.8 Å². The third-order valence-electron chi connectivity index (χ3n) is 2.25. The minimum atomic E-state index is -0.946. The Morgan fingerprint density at radius 2 is 2.23 bits per heavy atom. The number of carboxylic acid groups (broad SMARTS) is 1. The Balaban J connectivity index is 3.15. The summed E-state index contributed by atoms with van der Waals surface area (Å²) in [5.41, 5.74) is 1.22. The van der Waals surface area contributed by atoms with Crippen molar-refractivity contribution in [3.05, 3.63) is 22.9 Å². The lowest BCUT2D eigenvalue weighted by molar-refractivity contribution is -0.611. The zero-order chi connectivity index (χ0) is 10.2. The molecule has 0 bridgehead atoms. The van der Waals surface area contributed by atoms with Crippen LogP contribution in [0.1, 0.15) is 24.4 Å². The Morgan fingerprint density at radius 1 is 1.69 bits per heavy atom. The Morgan fingerprint density at radius 3 is 2.54 bits per heavy atom. The van der Waals surface area contributed by atoms with Gasteiger partial charge in [-0.05, 0) is 6.92 Å². The fourth-order valence-electron chi connectivity index (χ4n) is 1.14. The summed E-state index contributed by atoms with van der Waals surface area (Å²) in [6.45, 7) is 4.92. The molecule has 72 valence electrons. The highest BCUT2D eigenvalue weighted by molar-refractivity contribution is 5.71. The molecule has 1 aromatic heterocycles. The van der Waals surface area contributed by atoms with Gasteiger partial charge in [-0.3, -0.25) is 0 Å². The van der Waals surface area contributed by atoms with Gasteiger partial charge >= 0.3 is 5.97 Å². The molecule has 1 heterocycles. The van der Waals surface area contributed by atoms with Crippen molar-refractivity contribution < 1.29 is 14.6 Å². The molecule has 5 heteroatoms. The van der Waals surface area contributed by atoms with E-state index in [4.69, 9.17) is 5.11 Å². The largest absolute Gasteiger partial charge is 0.711 e. The average Bonchev–Trinajstić information content (AvgIpc) is 2.31. The standard InChI is InChI=1S/C8H12N2O3/c1-5-6(2)10(13)4-9(5)7(3)8(11)12/h4,7H,1-3H3,(H,11,12). The van der Waals surface area contributed by atoms with Crippen LogP contribution in [0.25, 0.3) is 0 Å². The summed E-state index contributed by atoms with van der Waals surface area (Å²) in [6, 6.07) is -0.700. The van der Waals surface area contributed by atoms with Gasteiger partial charge in [0.05, 0.1) is 0 Å². The normalized spacial score (nSPS) is 12.8. The maximum atomic E-state index is 11.1. The Labute approximate surface area is 75.8 Å². The van der Waals surface area contributed by atoms with Crippen molar-refractivity contribution in [3.8, 4) is 0 Å². The number of rotatable bonds is 2. The van der Waals surface area contributed by atoms with Crippen LogP contribution in [0.5, 0.6) is 0 Å². The van der Waals surface area contributed by atoms with Crippen molar-refractivity contribution in [1.82, 2.24) is 4.57 Å². The second kappa shape index (κ2) is 3.08. The Kier molecular flexibility index (Phi) is 2.27. The minimum Gasteiger partial charge on any atom is -0.711 e. The van der Waals surface area contributed by atoms with Crippen LogP contribution in [0.3, 0.4) is 0 Å². The Hall–Kier alpha value is -1.52. The molecule has 1 unspecified atom stereocenters. The van der Waals surface area contributed by atoms with Gasteiger partial charge in [0, 0.05) is 13.8 Å².